The highest BCUT2D eigenvalue weighted by atomic mass is 16.5. The van der Waals surface area contributed by atoms with Gasteiger partial charge in [-0.1, -0.05) is 26.7 Å². The molecule has 0 bridgehead atoms. The van der Waals surface area contributed by atoms with Crippen molar-refractivity contribution in [2.45, 2.75) is 45.6 Å². The highest BCUT2D eigenvalue weighted by Crippen LogP contribution is 2.36. The van der Waals surface area contributed by atoms with E-state index in [1.165, 1.54) is 12.8 Å². The summed E-state index contributed by atoms with van der Waals surface area (Å²) in [5, 5.41) is 3.02. The second-order valence-corrected chi connectivity index (χ2v) is 8.92. The molecule has 3 fully saturated rings. The standard InChI is InChI=1S/C23H33N3O3/c1-16-4-3-5-21(17(16)2)26-15-18(14-22(26)27)23(28)24-19-6-8-20(9-7-19)25-10-12-29-13-11-25/h6-9,16-18,21H,3-5,10-15H2,1-2H3,(H,24,28)/t16-,17-,18+,21+/m1/s1. The van der Waals surface area contributed by atoms with E-state index in [0.29, 0.717) is 24.8 Å². The molecule has 2 aliphatic heterocycles. The van der Waals surface area contributed by atoms with Gasteiger partial charge in [-0.05, 0) is 42.5 Å². The fraction of sp³-hybridized carbons (Fsp3) is 0.652. The first-order chi connectivity index (χ1) is 14.0. The quantitative estimate of drug-likeness (QED) is 0.845. The van der Waals surface area contributed by atoms with E-state index in [1.54, 1.807) is 0 Å². The third-order valence-corrected chi connectivity index (χ3v) is 7.10. The highest BCUT2D eigenvalue weighted by molar-refractivity contribution is 5.97. The number of benzene rings is 1. The van der Waals surface area contributed by atoms with Crippen LogP contribution >= 0.6 is 0 Å². The zero-order chi connectivity index (χ0) is 20.4. The number of anilines is 2. The Labute approximate surface area is 173 Å². The van der Waals surface area contributed by atoms with E-state index in [-0.39, 0.29) is 23.8 Å². The molecule has 1 saturated carbocycles. The van der Waals surface area contributed by atoms with Gasteiger partial charge in [0.15, 0.2) is 0 Å². The molecule has 2 saturated heterocycles. The number of likely N-dealkylation sites (tertiary alicyclic amines) is 1. The molecule has 3 aliphatic rings. The van der Waals surface area contributed by atoms with Crippen LogP contribution in [0.3, 0.4) is 0 Å². The zero-order valence-electron chi connectivity index (χ0n) is 17.6. The summed E-state index contributed by atoms with van der Waals surface area (Å²) in [6.45, 7) is 8.38. The molecule has 1 aromatic carbocycles. The second kappa shape index (κ2) is 8.74. The Morgan fingerprint density at radius 3 is 2.55 bits per heavy atom. The summed E-state index contributed by atoms with van der Waals surface area (Å²) >= 11 is 0. The Hall–Kier alpha value is -2.08. The van der Waals surface area contributed by atoms with Crippen molar-refractivity contribution in [2.75, 3.05) is 43.1 Å². The van der Waals surface area contributed by atoms with Gasteiger partial charge in [0, 0.05) is 43.5 Å². The van der Waals surface area contributed by atoms with Crippen molar-refractivity contribution in [1.82, 2.24) is 4.90 Å². The van der Waals surface area contributed by atoms with Crippen LogP contribution in [0.2, 0.25) is 0 Å². The summed E-state index contributed by atoms with van der Waals surface area (Å²) in [5.41, 5.74) is 1.94. The van der Waals surface area contributed by atoms with E-state index in [1.807, 2.05) is 29.2 Å². The van der Waals surface area contributed by atoms with Gasteiger partial charge in [0.2, 0.25) is 11.8 Å². The van der Waals surface area contributed by atoms with E-state index in [0.717, 1.165) is 44.1 Å². The Balaban J connectivity index is 1.34. The molecule has 1 N–H and O–H groups in total. The number of nitrogens with one attached hydrogen (secondary N) is 1. The lowest BCUT2D eigenvalue weighted by molar-refractivity contribution is -0.131. The monoisotopic (exact) mass is 399 g/mol. The van der Waals surface area contributed by atoms with Crippen LogP contribution in [0.1, 0.15) is 39.5 Å². The van der Waals surface area contributed by atoms with E-state index >= 15 is 0 Å². The minimum atomic E-state index is -0.258. The van der Waals surface area contributed by atoms with Gasteiger partial charge in [-0.25, -0.2) is 0 Å². The van der Waals surface area contributed by atoms with E-state index in [4.69, 9.17) is 4.74 Å². The number of carbonyl (C=O) groups excluding carboxylic acids is 2. The number of rotatable bonds is 4. The molecule has 158 valence electrons. The summed E-state index contributed by atoms with van der Waals surface area (Å²) in [4.78, 5) is 29.7. The normalized spacial score (nSPS) is 30.5. The molecule has 0 spiro atoms. The lowest BCUT2D eigenvalue weighted by Gasteiger charge is -2.40. The molecule has 4 rings (SSSR count). The van der Waals surface area contributed by atoms with Crippen LogP contribution in [0.15, 0.2) is 24.3 Å². The lowest BCUT2D eigenvalue weighted by atomic mass is 9.77. The lowest BCUT2D eigenvalue weighted by Crippen LogP contribution is -2.45. The van der Waals surface area contributed by atoms with Gasteiger partial charge in [-0.3, -0.25) is 9.59 Å². The van der Waals surface area contributed by atoms with Crippen LogP contribution in [-0.4, -0.2) is 55.6 Å². The topological polar surface area (TPSA) is 61.9 Å². The highest BCUT2D eigenvalue weighted by Gasteiger charge is 2.41. The van der Waals surface area contributed by atoms with E-state index < -0.39 is 0 Å². The average molecular weight is 400 g/mol. The number of ether oxygens (including phenoxy) is 1. The van der Waals surface area contributed by atoms with Crippen LogP contribution in [0.5, 0.6) is 0 Å². The third-order valence-electron chi connectivity index (χ3n) is 7.10. The molecule has 4 atom stereocenters. The number of nitrogens with zero attached hydrogens (tertiary/aromatic N) is 2. The molecule has 6 nitrogen and oxygen atoms in total. The van der Waals surface area contributed by atoms with Crippen molar-refractivity contribution >= 4 is 23.2 Å². The molecule has 0 unspecified atom stereocenters. The van der Waals surface area contributed by atoms with Crippen molar-refractivity contribution in [3.63, 3.8) is 0 Å². The van der Waals surface area contributed by atoms with Crippen molar-refractivity contribution in [2.24, 2.45) is 17.8 Å². The molecule has 29 heavy (non-hydrogen) atoms. The van der Waals surface area contributed by atoms with Crippen LogP contribution in [-0.2, 0) is 14.3 Å². The van der Waals surface area contributed by atoms with E-state index in [9.17, 15) is 9.59 Å². The van der Waals surface area contributed by atoms with Crippen molar-refractivity contribution < 1.29 is 14.3 Å². The molecule has 1 aliphatic carbocycles. The zero-order valence-corrected chi connectivity index (χ0v) is 17.6. The molecule has 2 heterocycles. The predicted molar refractivity (Wildman–Crippen MR) is 114 cm³/mol. The molecular formula is C23H33N3O3. The largest absolute Gasteiger partial charge is 0.378 e. The molecule has 1 aromatic rings. The Morgan fingerprint density at radius 1 is 1.10 bits per heavy atom. The van der Waals surface area contributed by atoms with Gasteiger partial charge >= 0.3 is 0 Å². The van der Waals surface area contributed by atoms with Crippen molar-refractivity contribution in [1.29, 1.82) is 0 Å². The molecule has 2 amide bonds. The van der Waals surface area contributed by atoms with Gasteiger partial charge < -0.3 is 19.9 Å². The van der Waals surface area contributed by atoms with Crippen LogP contribution in [0.4, 0.5) is 11.4 Å². The SMILES string of the molecule is C[C@@H]1[C@H](C)CCC[C@@H]1N1C[C@@H](C(=O)Nc2ccc(N3CCOCC3)cc2)CC1=O. The van der Waals surface area contributed by atoms with Gasteiger partial charge in [0.25, 0.3) is 0 Å². The smallest absolute Gasteiger partial charge is 0.229 e. The van der Waals surface area contributed by atoms with Crippen molar-refractivity contribution in [3.8, 4) is 0 Å². The molecule has 0 radical (unpaired) electrons. The average Bonchev–Trinajstić information content (AvgIpc) is 3.13. The fourth-order valence-electron chi connectivity index (χ4n) is 5.04. The van der Waals surface area contributed by atoms with Gasteiger partial charge in [-0.15, -0.1) is 0 Å². The maximum absolute atomic E-state index is 12.8. The fourth-order valence-corrected chi connectivity index (χ4v) is 5.04. The summed E-state index contributed by atoms with van der Waals surface area (Å²) in [5.74, 6) is 0.975. The van der Waals surface area contributed by atoms with Gasteiger partial charge in [-0.2, -0.15) is 0 Å². The first-order valence-electron chi connectivity index (χ1n) is 11.1. The number of hydrogen-bond donors (Lipinski definition) is 1. The predicted octanol–water partition coefficient (Wildman–Crippen LogP) is 3.13. The van der Waals surface area contributed by atoms with Crippen LogP contribution < -0.4 is 10.2 Å². The van der Waals surface area contributed by atoms with Crippen LogP contribution in [0, 0.1) is 17.8 Å². The molecular weight excluding hydrogens is 366 g/mol. The van der Waals surface area contributed by atoms with Gasteiger partial charge in [0.1, 0.15) is 0 Å². The first kappa shape index (κ1) is 20.2. The number of hydrogen-bond acceptors (Lipinski definition) is 4. The van der Waals surface area contributed by atoms with Gasteiger partial charge in [0.05, 0.1) is 19.1 Å². The number of amides is 2. The third kappa shape index (κ3) is 4.42. The van der Waals surface area contributed by atoms with Crippen LogP contribution in [0.25, 0.3) is 0 Å². The Morgan fingerprint density at radius 2 is 1.83 bits per heavy atom. The Kier molecular flexibility index (Phi) is 6.09. The maximum atomic E-state index is 12.8. The first-order valence-corrected chi connectivity index (χ1v) is 11.1. The summed E-state index contributed by atoms with van der Waals surface area (Å²) in [7, 11) is 0. The van der Waals surface area contributed by atoms with E-state index in [2.05, 4.69) is 24.1 Å². The second-order valence-electron chi connectivity index (χ2n) is 8.92. The summed E-state index contributed by atoms with van der Waals surface area (Å²) in [6.07, 6.45) is 3.81. The number of morpholine rings is 1. The molecule has 0 aromatic heterocycles. The Bertz CT molecular complexity index is 729. The van der Waals surface area contributed by atoms with Crippen molar-refractivity contribution in [3.05, 3.63) is 24.3 Å². The number of carbonyl (C=O) groups is 2. The summed E-state index contributed by atoms with van der Waals surface area (Å²) < 4.78 is 5.40. The maximum Gasteiger partial charge on any atom is 0.229 e. The molecule has 6 heteroatoms. The minimum Gasteiger partial charge on any atom is -0.378 e. The summed E-state index contributed by atoms with van der Waals surface area (Å²) in [6, 6.07) is 8.26. The minimum absolute atomic E-state index is 0.0449.